The molecule has 4 N–H and O–H groups in total. The monoisotopic (exact) mass is 447 g/mol. The smallest absolute Gasteiger partial charge is 0.0577 e. The zero-order valence-corrected chi connectivity index (χ0v) is 21.8. The topological polar surface area (TPSA) is 66.5 Å². The first-order chi connectivity index (χ1) is 15.2. The normalized spacial score (nSPS) is 41.7. The molecule has 3 fully saturated rings. The predicted octanol–water partition coefficient (Wildman–Crippen LogP) is 6.33. The molecule has 4 rings (SSSR count). The quantitative estimate of drug-likeness (QED) is 0.417. The molecule has 3 heteroatoms. The molecule has 0 saturated heterocycles. The fourth-order valence-corrected chi connectivity index (χ4v) is 8.67. The summed E-state index contributed by atoms with van der Waals surface area (Å²) in [5.74, 6) is 5.46. The van der Waals surface area contributed by atoms with E-state index in [1.165, 1.54) is 57.8 Å². The summed E-state index contributed by atoms with van der Waals surface area (Å²) in [4.78, 5) is 0. The molecular weight excluding hydrogens is 394 g/mol. The minimum Gasteiger partial charge on any atom is -0.395 e. The van der Waals surface area contributed by atoms with E-state index in [-0.39, 0.29) is 12.7 Å². The number of hydrogen-bond acceptors (Lipinski definition) is 3. The van der Waals surface area contributed by atoms with Crippen molar-refractivity contribution < 1.29 is 10.2 Å². The highest BCUT2D eigenvalue weighted by atomic mass is 16.3. The fraction of sp³-hybridized carbons (Fsp3) is 0.931. The molecule has 3 nitrogen and oxygen atoms in total. The summed E-state index contributed by atoms with van der Waals surface area (Å²) >= 11 is 0. The molecule has 32 heavy (non-hydrogen) atoms. The first-order valence-electron chi connectivity index (χ1n) is 13.9. The van der Waals surface area contributed by atoms with Crippen LogP contribution in [0.5, 0.6) is 0 Å². The van der Waals surface area contributed by atoms with E-state index >= 15 is 0 Å². The van der Waals surface area contributed by atoms with Crippen LogP contribution in [0.1, 0.15) is 105 Å². The molecule has 4 aliphatic carbocycles. The molecule has 0 heterocycles. The van der Waals surface area contributed by atoms with Gasteiger partial charge in [-0.1, -0.05) is 65.5 Å². The molecule has 0 aromatic rings. The van der Waals surface area contributed by atoms with Gasteiger partial charge in [0.25, 0.3) is 0 Å². The van der Waals surface area contributed by atoms with Crippen molar-refractivity contribution in [2.24, 2.45) is 52.1 Å². The molecule has 0 amide bonds. The number of rotatable bonds is 6. The van der Waals surface area contributed by atoms with Crippen molar-refractivity contribution >= 4 is 0 Å². The summed E-state index contributed by atoms with van der Waals surface area (Å²) < 4.78 is 0. The average Bonchev–Trinajstić information content (AvgIpc) is 3.11. The van der Waals surface area contributed by atoms with Crippen molar-refractivity contribution in [1.82, 2.24) is 0 Å². The van der Waals surface area contributed by atoms with Gasteiger partial charge >= 0.3 is 0 Å². The molecule has 0 radical (unpaired) electrons. The maximum atomic E-state index is 10.2. The van der Waals surface area contributed by atoms with Crippen LogP contribution in [0.3, 0.4) is 0 Å². The maximum absolute atomic E-state index is 10.2. The van der Waals surface area contributed by atoms with Gasteiger partial charge in [-0.25, -0.2) is 0 Å². The lowest BCUT2D eigenvalue weighted by molar-refractivity contribution is -0.0573. The molecule has 186 valence electrons. The third-order valence-electron chi connectivity index (χ3n) is 10.4. The third kappa shape index (κ3) is 5.15. The second kappa shape index (κ2) is 10.9. The summed E-state index contributed by atoms with van der Waals surface area (Å²) in [5.41, 5.74) is 7.38. The Kier molecular flexibility index (Phi) is 8.94. The van der Waals surface area contributed by atoms with E-state index in [0.717, 1.165) is 48.3 Å². The lowest BCUT2D eigenvalue weighted by Crippen LogP contribution is -2.50. The molecular formula is C29H53NO2. The summed E-state index contributed by atoms with van der Waals surface area (Å²) in [6, 6.07) is 0. The summed E-state index contributed by atoms with van der Waals surface area (Å²) in [7, 11) is 0. The Bertz CT molecular complexity index is 629. The molecule has 0 aromatic heterocycles. The van der Waals surface area contributed by atoms with E-state index < -0.39 is 0 Å². The first kappa shape index (κ1) is 26.2. The molecule has 0 aromatic carbocycles. The zero-order valence-electron chi connectivity index (χ0n) is 21.8. The molecule has 4 aliphatic rings. The zero-order chi connectivity index (χ0) is 23.5. The van der Waals surface area contributed by atoms with Gasteiger partial charge in [-0.3, -0.25) is 0 Å². The summed E-state index contributed by atoms with van der Waals surface area (Å²) in [6.45, 7) is 13.0. The lowest BCUT2D eigenvalue weighted by atomic mass is 9.47. The second-order valence-electron chi connectivity index (χ2n) is 12.7. The van der Waals surface area contributed by atoms with Gasteiger partial charge < -0.3 is 15.9 Å². The van der Waals surface area contributed by atoms with Crippen molar-refractivity contribution in [2.45, 2.75) is 111 Å². The van der Waals surface area contributed by atoms with Crippen LogP contribution < -0.4 is 5.73 Å². The Morgan fingerprint density at radius 3 is 2.41 bits per heavy atom. The van der Waals surface area contributed by atoms with Crippen molar-refractivity contribution in [2.75, 3.05) is 13.2 Å². The highest BCUT2D eigenvalue weighted by Crippen LogP contribution is 2.67. The van der Waals surface area contributed by atoms with E-state index in [2.05, 4.69) is 40.7 Å². The number of aliphatic hydroxyl groups is 2. The molecule has 8 atom stereocenters. The van der Waals surface area contributed by atoms with Crippen molar-refractivity contribution in [3.8, 4) is 0 Å². The van der Waals surface area contributed by atoms with Crippen LogP contribution in [-0.2, 0) is 0 Å². The minimum atomic E-state index is -0.0766. The Hall–Kier alpha value is -0.380. The Morgan fingerprint density at radius 2 is 1.75 bits per heavy atom. The Balaban J connectivity index is 0.000000668. The van der Waals surface area contributed by atoms with Gasteiger partial charge in [-0.2, -0.15) is 0 Å². The van der Waals surface area contributed by atoms with Crippen LogP contribution in [0.4, 0.5) is 0 Å². The van der Waals surface area contributed by atoms with Gasteiger partial charge in [0.05, 0.1) is 12.7 Å². The summed E-state index contributed by atoms with van der Waals surface area (Å²) in [5, 5.41) is 18.0. The second-order valence-corrected chi connectivity index (χ2v) is 12.7. The van der Waals surface area contributed by atoms with Gasteiger partial charge in [0.15, 0.2) is 0 Å². The lowest BCUT2D eigenvalue weighted by Gasteiger charge is -2.58. The number of nitrogens with two attached hydrogens (primary N) is 1. The average molecular weight is 448 g/mol. The minimum absolute atomic E-state index is 0.0766. The highest BCUT2D eigenvalue weighted by Gasteiger charge is 2.59. The third-order valence-corrected chi connectivity index (χ3v) is 10.4. The van der Waals surface area contributed by atoms with Crippen LogP contribution >= 0.6 is 0 Å². The molecule has 0 spiro atoms. The molecule has 0 aliphatic heterocycles. The number of hydrogen-bond donors (Lipinski definition) is 3. The first-order valence-corrected chi connectivity index (χ1v) is 13.9. The van der Waals surface area contributed by atoms with Crippen LogP contribution in [0.2, 0.25) is 0 Å². The highest BCUT2D eigenvalue weighted by molar-refractivity contribution is 5.25. The van der Waals surface area contributed by atoms with Gasteiger partial charge in [0, 0.05) is 6.54 Å². The van der Waals surface area contributed by atoms with E-state index in [4.69, 9.17) is 10.8 Å². The van der Waals surface area contributed by atoms with Gasteiger partial charge in [-0.15, -0.1) is 0 Å². The SMILES string of the molecule is CC(C)CCC[C@@H](C)[C@H]1CC[C@H]2[C@@H]3CC=C4C[C@@H](O)CC[C@]4(C)[C@H]3CC[C@]12C.NCCO. The van der Waals surface area contributed by atoms with E-state index in [9.17, 15) is 5.11 Å². The maximum Gasteiger partial charge on any atom is 0.0577 e. The van der Waals surface area contributed by atoms with E-state index in [0.29, 0.717) is 17.4 Å². The van der Waals surface area contributed by atoms with Crippen molar-refractivity contribution in [1.29, 1.82) is 0 Å². The van der Waals surface area contributed by atoms with Gasteiger partial charge in [0.2, 0.25) is 0 Å². The van der Waals surface area contributed by atoms with Gasteiger partial charge in [-0.05, 0) is 97.7 Å². The van der Waals surface area contributed by atoms with Crippen molar-refractivity contribution in [3.05, 3.63) is 11.6 Å². The predicted molar refractivity (Wildman–Crippen MR) is 135 cm³/mol. The number of fused-ring (bicyclic) bond motifs is 5. The molecule has 3 saturated carbocycles. The fourth-order valence-electron chi connectivity index (χ4n) is 8.67. The largest absolute Gasteiger partial charge is 0.395 e. The van der Waals surface area contributed by atoms with Crippen molar-refractivity contribution in [3.63, 3.8) is 0 Å². The number of aliphatic hydroxyl groups excluding tert-OH is 2. The number of allylic oxidation sites excluding steroid dienone is 1. The van der Waals surface area contributed by atoms with Crippen LogP contribution in [0.25, 0.3) is 0 Å². The van der Waals surface area contributed by atoms with Crippen LogP contribution in [-0.4, -0.2) is 29.5 Å². The Morgan fingerprint density at radius 1 is 1.03 bits per heavy atom. The van der Waals surface area contributed by atoms with E-state index in [1.807, 2.05) is 0 Å². The van der Waals surface area contributed by atoms with Crippen LogP contribution in [0, 0.1) is 46.3 Å². The van der Waals surface area contributed by atoms with Gasteiger partial charge in [0.1, 0.15) is 0 Å². The molecule has 0 bridgehead atoms. The van der Waals surface area contributed by atoms with E-state index in [1.54, 1.807) is 5.57 Å². The Labute approximate surface area is 198 Å². The standard InChI is InChI=1S/C27H46O.C2H7NO/c1-18(2)7-6-8-19(3)23-11-12-24-22-10-9-20-17-21(28)13-15-26(20,4)25(22)14-16-27(23,24)5;3-1-2-4/h9,18-19,21-25,28H,6-8,10-17H2,1-5H3;4H,1-3H2/t19-,21+,22+,23-,24+,25+,26+,27-;/m1./s1. The van der Waals surface area contributed by atoms with Crippen LogP contribution in [0.15, 0.2) is 11.6 Å². The summed E-state index contributed by atoms with van der Waals surface area (Å²) in [6.07, 6.45) is 17.2. The molecule has 0 unspecified atom stereocenters.